The Kier molecular flexibility index (Phi) is 6.61. The van der Waals surface area contributed by atoms with Gasteiger partial charge in [-0.2, -0.15) is 0 Å². The number of benzene rings is 1. The highest BCUT2D eigenvalue weighted by Crippen LogP contribution is 2.30. The Bertz CT molecular complexity index is 422. The van der Waals surface area contributed by atoms with Crippen molar-refractivity contribution in [2.24, 2.45) is 5.73 Å². The van der Waals surface area contributed by atoms with E-state index in [0.29, 0.717) is 18.4 Å². The fourth-order valence-corrected chi connectivity index (χ4v) is 2.34. The zero-order valence-corrected chi connectivity index (χ0v) is 11.5. The van der Waals surface area contributed by atoms with Gasteiger partial charge < -0.3 is 15.9 Å². The zero-order valence-electron chi connectivity index (χ0n) is 11.5. The number of halogens is 1. The van der Waals surface area contributed by atoms with E-state index in [1.165, 1.54) is 24.3 Å². The number of unbranched alkanes of at least 4 members (excludes halogenated alkanes) is 3. The van der Waals surface area contributed by atoms with Crippen molar-refractivity contribution < 1.29 is 19.4 Å². The summed E-state index contributed by atoms with van der Waals surface area (Å²) in [4.78, 5) is 11.6. The molecular formula is C15H22FNO3. The van der Waals surface area contributed by atoms with Crippen molar-refractivity contribution in [2.75, 3.05) is 13.2 Å². The molecule has 0 bridgehead atoms. The second-order valence-electron chi connectivity index (χ2n) is 4.99. The van der Waals surface area contributed by atoms with Crippen molar-refractivity contribution in [3.8, 4) is 0 Å². The van der Waals surface area contributed by atoms with Crippen LogP contribution in [0.5, 0.6) is 0 Å². The van der Waals surface area contributed by atoms with E-state index in [0.717, 1.165) is 19.3 Å². The van der Waals surface area contributed by atoms with E-state index in [1.807, 2.05) is 0 Å². The molecule has 0 amide bonds. The molecule has 0 aliphatic rings. The third kappa shape index (κ3) is 4.02. The predicted molar refractivity (Wildman–Crippen MR) is 74.9 cm³/mol. The highest BCUT2D eigenvalue weighted by Gasteiger charge is 2.38. The van der Waals surface area contributed by atoms with Gasteiger partial charge in [0.05, 0.1) is 0 Å². The van der Waals surface area contributed by atoms with E-state index in [-0.39, 0.29) is 13.2 Å². The normalized spacial score (nSPS) is 13.9. The smallest absolute Gasteiger partial charge is 0.315 e. The maximum absolute atomic E-state index is 13.0. The van der Waals surface area contributed by atoms with E-state index >= 15 is 0 Å². The lowest BCUT2D eigenvalue weighted by Gasteiger charge is -2.28. The highest BCUT2D eigenvalue weighted by molar-refractivity contribution is 5.81. The number of rotatable bonds is 9. The highest BCUT2D eigenvalue weighted by atomic mass is 19.1. The molecular weight excluding hydrogens is 261 g/mol. The van der Waals surface area contributed by atoms with Crippen LogP contribution in [0, 0.1) is 5.82 Å². The number of carbonyl (C=O) groups is 1. The topological polar surface area (TPSA) is 83.5 Å². The van der Waals surface area contributed by atoms with Crippen molar-refractivity contribution in [3.63, 3.8) is 0 Å². The number of aliphatic hydroxyl groups excluding tert-OH is 1. The van der Waals surface area contributed by atoms with Gasteiger partial charge in [-0.3, -0.25) is 4.79 Å². The Balaban J connectivity index is 2.81. The van der Waals surface area contributed by atoms with E-state index in [1.54, 1.807) is 0 Å². The van der Waals surface area contributed by atoms with Crippen LogP contribution in [-0.4, -0.2) is 29.3 Å². The molecule has 0 spiro atoms. The van der Waals surface area contributed by atoms with Gasteiger partial charge in [0.15, 0.2) is 0 Å². The maximum Gasteiger partial charge on any atom is 0.315 e. The van der Waals surface area contributed by atoms with Crippen LogP contribution in [0.1, 0.15) is 37.7 Å². The summed E-state index contributed by atoms with van der Waals surface area (Å²) in [5.41, 5.74) is 5.08. The fraction of sp³-hybridized carbons (Fsp3) is 0.533. The molecule has 4 nitrogen and oxygen atoms in total. The van der Waals surface area contributed by atoms with Crippen molar-refractivity contribution >= 4 is 5.97 Å². The fourth-order valence-electron chi connectivity index (χ4n) is 2.34. The van der Waals surface area contributed by atoms with E-state index in [4.69, 9.17) is 10.8 Å². The zero-order chi connectivity index (χ0) is 15.0. The lowest BCUT2D eigenvalue weighted by molar-refractivity contribution is -0.143. The van der Waals surface area contributed by atoms with Gasteiger partial charge >= 0.3 is 5.97 Å². The van der Waals surface area contributed by atoms with Crippen molar-refractivity contribution in [1.29, 1.82) is 0 Å². The Morgan fingerprint density at radius 1 is 1.15 bits per heavy atom. The maximum atomic E-state index is 13.0. The third-order valence-corrected chi connectivity index (χ3v) is 3.67. The number of hydrogen-bond donors (Lipinski definition) is 3. The molecule has 112 valence electrons. The minimum atomic E-state index is -1.16. The molecule has 0 fully saturated rings. The molecule has 0 aromatic heterocycles. The molecule has 0 heterocycles. The number of hydrogen-bond acceptors (Lipinski definition) is 3. The van der Waals surface area contributed by atoms with Gasteiger partial charge in [0, 0.05) is 13.2 Å². The molecule has 1 atom stereocenters. The van der Waals surface area contributed by atoms with Gasteiger partial charge in [0.2, 0.25) is 0 Å². The summed E-state index contributed by atoms with van der Waals surface area (Å²) in [5, 5.41) is 18.2. The first-order chi connectivity index (χ1) is 9.56. The predicted octanol–water partition coefficient (Wildman–Crippen LogP) is 2.05. The Hall–Kier alpha value is -1.46. The van der Waals surface area contributed by atoms with Gasteiger partial charge in [0.1, 0.15) is 11.2 Å². The van der Waals surface area contributed by atoms with Crippen LogP contribution in [0.4, 0.5) is 4.39 Å². The first-order valence-electron chi connectivity index (χ1n) is 6.87. The molecule has 1 aromatic rings. The average Bonchev–Trinajstić information content (AvgIpc) is 2.44. The average molecular weight is 283 g/mol. The van der Waals surface area contributed by atoms with Gasteiger partial charge in [-0.25, -0.2) is 4.39 Å². The number of carboxylic acid groups (broad SMARTS) is 1. The molecule has 1 rings (SSSR count). The van der Waals surface area contributed by atoms with Crippen molar-refractivity contribution in [3.05, 3.63) is 35.6 Å². The first-order valence-corrected chi connectivity index (χ1v) is 6.87. The summed E-state index contributed by atoms with van der Waals surface area (Å²) in [6, 6.07) is 5.50. The summed E-state index contributed by atoms with van der Waals surface area (Å²) >= 11 is 0. The van der Waals surface area contributed by atoms with Gasteiger partial charge in [0.25, 0.3) is 0 Å². The molecule has 0 saturated heterocycles. The van der Waals surface area contributed by atoms with Crippen LogP contribution in [-0.2, 0) is 10.2 Å². The van der Waals surface area contributed by atoms with E-state index < -0.39 is 17.2 Å². The van der Waals surface area contributed by atoms with Gasteiger partial charge in [-0.1, -0.05) is 31.4 Å². The van der Waals surface area contributed by atoms with E-state index in [9.17, 15) is 14.3 Å². The summed E-state index contributed by atoms with van der Waals surface area (Å²) in [6.45, 7) is 0.132. The molecule has 0 radical (unpaired) electrons. The summed E-state index contributed by atoms with van der Waals surface area (Å²) in [5.74, 6) is -1.37. The van der Waals surface area contributed by atoms with Gasteiger partial charge in [-0.05, 0) is 30.5 Å². The molecule has 1 aromatic carbocycles. The minimum Gasteiger partial charge on any atom is -0.481 e. The molecule has 0 aliphatic carbocycles. The van der Waals surface area contributed by atoms with Crippen LogP contribution < -0.4 is 5.73 Å². The molecule has 4 N–H and O–H groups in total. The number of aliphatic hydroxyl groups is 1. The van der Waals surface area contributed by atoms with E-state index in [2.05, 4.69) is 0 Å². The summed E-state index contributed by atoms with van der Waals surface area (Å²) in [7, 11) is 0. The molecule has 1 unspecified atom stereocenters. The van der Waals surface area contributed by atoms with Crippen LogP contribution in [0.2, 0.25) is 0 Å². The number of aliphatic carboxylic acids is 1. The molecule has 0 saturated carbocycles. The number of carboxylic acids is 1. The van der Waals surface area contributed by atoms with Crippen LogP contribution in [0.15, 0.2) is 24.3 Å². The second-order valence-corrected chi connectivity index (χ2v) is 4.99. The SMILES string of the molecule is NCC(CCCCCCO)(C(=O)O)c1ccc(F)cc1. The molecule has 0 aliphatic heterocycles. The Labute approximate surface area is 118 Å². The van der Waals surface area contributed by atoms with Crippen LogP contribution >= 0.6 is 0 Å². The van der Waals surface area contributed by atoms with Crippen molar-refractivity contribution in [1.82, 2.24) is 0 Å². The second kappa shape index (κ2) is 7.97. The molecule has 20 heavy (non-hydrogen) atoms. The lowest BCUT2D eigenvalue weighted by atomic mass is 9.76. The largest absolute Gasteiger partial charge is 0.481 e. The van der Waals surface area contributed by atoms with Crippen LogP contribution in [0.25, 0.3) is 0 Å². The van der Waals surface area contributed by atoms with Crippen molar-refractivity contribution in [2.45, 2.75) is 37.5 Å². The summed E-state index contributed by atoms with van der Waals surface area (Å²) < 4.78 is 13.0. The number of nitrogens with two attached hydrogens (primary N) is 1. The Morgan fingerprint density at radius 2 is 1.75 bits per heavy atom. The minimum absolute atomic E-state index is 0.0199. The van der Waals surface area contributed by atoms with Gasteiger partial charge in [-0.15, -0.1) is 0 Å². The monoisotopic (exact) mass is 283 g/mol. The lowest BCUT2D eigenvalue weighted by Crippen LogP contribution is -2.43. The first kappa shape index (κ1) is 16.6. The third-order valence-electron chi connectivity index (χ3n) is 3.67. The van der Waals surface area contributed by atoms with Crippen LogP contribution in [0.3, 0.4) is 0 Å². The standard InChI is InChI=1S/C15H22FNO3/c16-13-7-5-12(6-8-13)15(11-17,14(19)20)9-3-1-2-4-10-18/h5-8,18H,1-4,9-11,17H2,(H,19,20). The quantitative estimate of drug-likeness (QED) is 0.606. The Morgan fingerprint density at radius 3 is 2.25 bits per heavy atom. The molecule has 5 heteroatoms. The summed E-state index contributed by atoms with van der Waals surface area (Å²) in [6.07, 6.45) is 3.55.